The number of hydrogen-bond acceptors (Lipinski definition) is 2. The van der Waals surface area contributed by atoms with Gasteiger partial charge in [-0.3, -0.25) is 0 Å². The summed E-state index contributed by atoms with van der Waals surface area (Å²) >= 11 is 2.17. The standard InChI is InChI=1S/C16H19IO2/c17-12-11-16(18,19)10-4-8-14-7-3-6-13-5-1-2-9-15(13)14/h1-3,5-7,9,18-19H,4,8,10-12H2. The van der Waals surface area contributed by atoms with Crippen molar-refractivity contribution in [2.24, 2.45) is 0 Å². The lowest BCUT2D eigenvalue weighted by atomic mass is 9.98. The third kappa shape index (κ3) is 4.16. The summed E-state index contributed by atoms with van der Waals surface area (Å²) in [5, 5.41) is 22.0. The molecule has 2 aromatic rings. The highest BCUT2D eigenvalue weighted by atomic mass is 127. The minimum absolute atomic E-state index is 0.430. The maximum Gasteiger partial charge on any atom is 0.163 e. The predicted molar refractivity (Wildman–Crippen MR) is 87.6 cm³/mol. The van der Waals surface area contributed by atoms with Crippen LogP contribution in [-0.4, -0.2) is 20.4 Å². The van der Waals surface area contributed by atoms with Gasteiger partial charge < -0.3 is 10.2 Å². The van der Waals surface area contributed by atoms with E-state index in [0.717, 1.165) is 17.3 Å². The van der Waals surface area contributed by atoms with E-state index in [0.29, 0.717) is 12.8 Å². The number of benzene rings is 2. The molecule has 0 atom stereocenters. The van der Waals surface area contributed by atoms with Crippen LogP contribution in [0, 0.1) is 0 Å². The van der Waals surface area contributed by atoms with Gasteiger partial charge in [-0.25, -0.2) is 0 Å². The molecule has 2 rings (SSSR count). The van der Waals surface area contributed by atoms with Crippen LogP contribution < -0.4 is 0 Å². The van der Waals surface area contributed by atoms with E-state index in [-0.39, 0.29) is 0 Å². The van der Waals surface area contributed by atoms with Gasteiger partial charge in [0.05, 0.1) is 0 Å². The number of hydrogen-bond donors (Lipinski definition) is 2. The second-order valence-electron chi connectivity index (χ2n) is 4.91. The van der Waals surface area contributed by atoms with E-state index in [1.165, 1.54) is 16.3 Å². The number of fused-ring (bicyclic) bond motifs is 1. The molecule has 2 aromatic carbocycles. The molecule has 0 radical (unpaired) electrons. The lowest BCUT2D eigenvalue weighted by Crippen LogP contribution is -2.28. The van der Waals surface area contributed by atoms with Gasteiger partial charge in [-0.2, -0.15) is 0 Å². The monoisotopic (exact) mass is 370 g/mol. The van der Waals surface area contributed by atoms with Crippen molar-refractivity contribution < 1.29 is 10.2 Å². The Hall–Kier alpha value is -0.650. The number of aryl methyl sites for hydroxylation is 1. The Bertz CT molecular complexity index is 532. The Balaban J connectivity index is 2.02. The number of alkyl halides is 1. The molecular weight excluding hydrogens is 351 g/mol. The maximum absolute atomic E-state index is 9.76. The van der Waals surface area contributed by atoms with E-state index in [2.05, 4.69) is 52.9 Å². The average Bonchev–Trinajstić information content (AvgIpc) is 2.39. The van der Waals surface area contributed by atoms with Gasteiger partial charge in [0.2, 0.25) is 0 Å². The highest BCUT2D eigenvalue weighted by Crippen LogP contribution is 2.22. The first-order chi connectivity index (χ1) is 9.12. The lowest BCUT2D eigenvalue weighted by Gasteiger charge is -2.20. The molecule has 3 heteroatoms. The number of halogens is 1. The van der Waals surface area contributed by atoms with Gasteiger partial charge in [-0.05, 0) is 29.2 Å². The first kappa shape index (κ1) is 14.8. The SMILES string of the molecule is OC(O)(CCI)CCCc1cccc2ccccc12. The molecule has 0 spiro atoms. The predicted octanol–water partition coefficient (Wildman–Crippen LogP) is 3.67. The largest absolute Gasteiger partial charge is 0.366 e. The molecular formula is C16H19IO2. The Morgan fingerprint density at radius 1 is 0.947 bits per heavy atom. The van der Waals surface area contributed by atoms with Crippen molar-refractivity contribution in [1.29, 1.82) is 0 Å². The van der Waals surface area contributed by atoms with Gasteiger partial charge in [0.25, 0.3) is 0 Å². The molecule has 0 bridgehead atoms. The molecule has 0 saturated carbocycles. The molecule has 0 heterocycles. The maximum atomic E-state index is 9.76. The van der Waals surface area contributed by atoms with Gasteiger partial charge in [0, 0.05) is 17.3 Å². The minimum atomic E-state index is -1.51. The van der Waals surface area contributed by atoms with Crippen molar-refractivity contribution in [1.82, 2.24) is 0 Å². The fraction of sp³-hybridized carbons (Fsp3) is 0.375. The van der Waals surface area contributed by atoms with E-state index in [9.17, 15) is 10.2 Å². The molecule has 0 amide bonds. The first-order valence-electron chi connectivity index (χ1n) is 6.60. The quantitative estimate of drug-likeness (QED) is 0.463. The van der Waals surface area contributed by atoms with Crippen molar-refractivity contribution in [3.8, 4) is 0 Å². The zero-order valence-corrected chi connectivity index (χ0v) is 13.0. The van der Waals surface area contributed by atoms with Gasteiger partial charge >= 0.3 is 0 Å². The molecule has 0 saturated heterocycles. The third-order valence-electron chi connectivity index (χ3n) is 3.40. The zero-order valence-electron chi connectivity index (χ0n) is 10.8. The normalized spacial score (nSPS) is 11.9. The molecule has 0 fully saturated rings. The molecule has 0 aliphatic carbocycles. The van der Waals surface area contributed by atoms with Crippen molar-refractivity contribution in [3.05, 3.63) is 48.0 Å². The van der Waals surface area contributed by atoms with Gasteiger partial charge in [-0.1, -0.05) is 65.1 Å². The van der Waals surface area contributed by atoms with E-state index in [1.807, 2.05) is 12.1 Å². The lowest BCUT2D eigenvalue weighted by molar-refractivity contribution is -0.166. The molecule has 0 unspecified atom stereocenters. The summed E-state index contributed by atoms with van der Waals surface area (Å²) in [6, 6.07) is 14.6. The third-order valence-corrected chi connectivity index (χ3v) is 3.94. The van der Waals surface area contributed by atoms with Crippen LogP contribution in [0.1, 0.15) is 24.8 Å². The van der Waals surface area contributed by atoms with Crippen LogP contribution in [0.25, 0.3) is 10.8 Å². The van der Waals surface area contributed by atoms with Crippen LogP contribution in [-0.2, 0) is 6.42 Å². The fourth-order valence-electron chi connectivity index (χ4n) is 2.35. The number of aliphatic hydroxyl groups is 2. The summed E-state index contributed by atoms with van der Waals surface area (Å²) in [6.45, 7) is 0. The van der Waals surface area contributed by atoms with Crippen molar-refractivity contribution in [2.75, 3.05) is 4.43 Å². The Kier molecular flexibility index (Phi) is 5.19. The van der Waals surface area contributed by atoms with E-state index < -0.39 is 5.79 Å². The van der Waals surface area contributed by atoms with Gasteiger partial charge in [-0.15, -0.1) is 0 Å². The van der Waals surface area contributed by atoms with Crippen molar-refractivity contribution in [2.45, 2.75) is 31.5 Å². The highest BCUT2D eigenvalue weighted by Gasteiger charge is 2.21. The van der Waals surface area contributed by atoms with E-state index >= 15 is 0 Å². The summed E-state index contributed by atoms with van der Waals surface area (Å²) in [6.07, 6.45) is 2.53. The fourth-order valence-corrected chi connectivity index (χ4v) is 3.21. The Morgan fingerprint density at radius 2 is 1.68 bits per heavy atom. The van der Waals surface area contributed by atoms with E-state index in [4.69, 9.17) is 0 Å². The van der Waals surface area contributed by atoms with Crippen LogP contribution in [0.15, 0.2) is 42.5 Å². The van der Waals surface area contributed by atoms with Gasteiger partial charge in [0.1, 0.15) is 0 Å². The van der Waals surface area contributed by atoms with Crippen LogP contribution in [0.5, 0.6) is 0 Å². The van der Waals surface area contributed by atoms with Crippen LogP contribution in [0.2, 0.25) is 0 Å². The van der Waals surface area contributed by atoms with Crippen molar-refractivity contribution in [3.63, 3.8) is 0 Å². The van der Waals surface area contributed by atoms with Crippen LogP contribution in [0.3, 0.4) is 0 Å². The Morgan fingerprint density at radius 3 is 2.47 bits per heavy atom. The summed E-state index contributed by atoms with van der Waals surface area (Å²) in [5.74, 6) is -1.51. The minimum Gasteiger partial charge on any atom is -0.366 e. The summed E-state index contributed by atoms with van der Waals surface area (Å²) < 4.78 is 0.763. The zero-order chi connectivity index (χ0) is 13.7. The van der Waals surface area contributed by atoms with Crippen molar-refractivity contribution >= 4 is 33.4 Å². The molecule has 0 aliphatic heterocycles. The molecule has 2 nitrogen and oxygen atoms in total. The molecule has 0 aliphatic rings. The van der Waals surface area contributed by atoms with Crippen LogP contribution in [0.4, 0.5) is 0 Å². The summed E-state index contributed by atoms with van der Waals surface area (Å²) in [7, 11) is 0. The molecule has 19 heavy (non-hydrogen) atoms. The topological polar surface area (TPSA) is 40.5 Å². The average molecular weight is 370 g/mol. The van der Waals surface area contributed by atoms with Gasteiger partial charge in [0.15, 0.2) is 5.79 Å². The summed E-state index contributed by atoms with van der Waals surface area (Å²) in [4.78, 5) is 0. The first-order valence-corrected chi connectivity index (χ1v) is 8.12. The molecule has 102 valence electrons. The Labute approximate surface area is 127 Å². The molecule has 0 aromatic heterocycles. The second kappa shape index (κ2) is 6.68. The molecule has 2 N–H and O–H groups in total. The number of rotatable bonds is 6. The summed E-state index contributed by atoms with van der Waals surface area (Å²) in [5.41, 5.74) is 1.28. The van der Waals surface area contributed by atoms with Crippen LogP contribution >= 0.6 is 22.6 Å². The second-order valence-corrected chi connectivity index (χ2v) is 5.99. The smallest absolute Gasteiger partial charge is 0.163 e. The highest BCUT2D eigenvalue weighted by molar-refractivity contribution is 14.1. The van der Waals surface area contributed by atoms with E-state index in [1.54, 1.807) is 0 Å².